The van der Waals surface area contributed by atoms with Crippen molar-refractivity contribution in [2.75, 3.05) is 13.1 Å². The van der Waals surface area contributed by atoms with Crippen molar-refractivity contribution in [2.24, 2.45) is 0 Å². The van der Waals surface area contributed by atoms with E-state index in [0.29, 0.717) is 30.4 Å². The molecule has 3 aromatic rings. The summed E-state index contributed by atoms with van der Waals surface area (Å²) in [6.45, 7) is 6.90. The summed E-state index contributed by atoms with van der Waals surface area (Å²) in [6.07, 6.45) is 3.22. The molecule has 1 saturated heterocycles. The van der Waals surface area contributed by atoms with Gasteiger partial charge < -0.3 is 9.64 Å². The fourth-order valence-electron chi connectivity index (χ4n) is 3.30. The van der Waals surface area contributed by atoms with Gasteiger partial charge in [0.2, 0.25) is 0 Å². The van der Waals surface area contributed by atoms with Gasteiger partial charge in [-0.15, -0.1) is 5.10 Å². The molecule has 1 amide bonds. The predicted molar refractivity (Wildman–Crippen MR) is 107 cm³/mol. The Balaban J connectivity index is 1.39. The van der Waals surface area contributed by atoms with Crippen LogP contribution in [-0.4, -0.2) is 59.9 Å². The fourth-order valence-corrected chi connectivity index (χ4v) is 3.30. The molecule has 1 aliphatic rings. The van der Waals surface area contributed by atoms with Gasteiger partial charge in [-0.2, -0.15) is 5.10 Å². The third-order valence-corrected chi connectivity index (χ3v) is 4.76. The Labute approximate surface area is 169 Å². The first-order valence-corrected chi connectivity index (χ1v) is 9.77. The molecule has 4 rings (SSSR count). The monoisotopic (exact) mass is 395 g/mol. The molecule has 0 bridgehead atoms. The molecule has 9 heteroatoms. The normalized spacial score (nSPS) is 15.5. The summed E-state index contributed by atoms with van der Waals surface area (Å²) < 4.78 is 7.31. The standard InChI is InChI=1S/C20H25N7O2/c1-20(2,3)29-19(28)26-11-9-15(10-12-26)27-13-16(22-25-27)18-21-17(23-24-18)14-7-5-4-6-8-14/h4-8,13,15H,9-12H2,1-3H3,(H,21,23,24). The van der Waals surface area contributed by atoms with E-state index in [-0.39, 0.29) is 12.1 Å². The molecule has 1 aromatic carbocycles. The van der Waals surface area contributed by atoms with Gasteiger partial charge in [0.25, 0.3) is 0 Å². The zero-order chi connectivity index (χ0) is 20.4. The second-order valence-electron chi connectivity index (χ2n) is 8.16. The van der Waals surface area contributed by atoms with Crippen LogP contribution in [0, 0.1) is 0 Å². The average molecular weight is 395 g/mol. The number of hydrogen-bond donors (Lipinski definition) is 1. The van der Waals surface area contributed by atoms with E-state index < -0.39 is 5.60 Å². The Morgan fingerprint density at radius 1 is 1.17 bits per heavy atom. The second kappa shape index (κ2) is 7.65. The lowest BCUT2D eigenvalue weighted by molar-refractivity contribution is 0.0184. The second-order valence-corrected chi connectivity index (χ2v) is 8.16. The number of ether oxygens (including phenoxy) is 1. The minimum Gasteiger partial charge on any atom is -0.444 e. The highest BCUT2D eigenvalue weighted by atomic mass is 16.6. The van der Waals surface area contributed by atoms with E-state index in [2.05, 4.69) is 25.5 Å². The number of piperidine rings is 1. The smallest absolute Gasteiger partial charge is 0.410 e. The first kappa shape index (κ1) is 19.1. The van der Waals surface area contributed by atoms with Gasteiger partial charge >= 0.3 is 6.09 Å². The highest BCUT2D eigenvalue weighted by Crippen LogP contribution is 2.25. The van der Waals surface area contributed by atoms with Gasteiger partial charge in [0.05, 0.1) is 12.2 Å². The van der Waals surface area contributed by atoms with Crippen LogP contribution in [0.15, 0.2) is 36.5 Å². The number of hydrogen-bond acceptors (Lipinski definition) is 6. The first-order chi connectivity index (χ1) is 13.9. The quantitative estimate of drug-likeness (QED) is 0.730. The Hall–Kier alpha value is -3.23. The van der Waals surface area contributed by atoms with Crippen LogP contribution in [-0.2, 0) is 4.74 Å². The van der Waals surface area contributed by atoms with Crippen molar-refractivity contribution >= 4 is 6.09 Å². The number of nitrogens with one attached hydrogen (secondary N) is 1. The molecule has 0 spiro atoms. The molecule has 1 fully saturated rings. The number of benzene rings is 1. The molecule has 9 nitrogen and oxygen atoms in total. The number of carbonyl (C=O) groups is 1. The fraction of sp³-hybridized carbons (Fsp3) is 0.450. The Morgan fingerprint density at radius 3 is 2.59 bits per heavy atom. The summed E-state index contributed by atoms with van der Waals surface area (Å²) in [7, 11) is 0. The van der Waals surface area contributed by atoms with Gasteiger partial charge in [0.15, 0.2) is 11.6 Å². The van der Waals surface area contributed by atoms with Crippen LogP contribution in [0.2, 0.25) is 0 Å². The van der Waals surface area contributed by atoms with Crippen LogP contribution in [0.4, 0.5) is 4.79 Å². The number of nitrogens with zero attached hydrogens (tertiary/aromatic N) is 6. The lowest BCUT2D eigenvalue weighted by Crippen LogP contribution is -2.42. The van der Waals surface area contributed by atoms with Gasteiger partial charge in [-0.1, -0.05) is 35.5 Å². The van der Waals surface area contributed by atoms with Crippen LogP contribution < -0.4 is 0 Å². The van der Waals surface area contributed by atoms with Crippen molar-refractivity contribution in [1.82, 2.24) is 35.1 Å². The molecular weight excluding hydrogens is 370 g/mol. The van der Waals surface area contributed by atoms with Gasteiger partial charge in [-0.25, -0.2) is 14.5 Å². The van der Waals surface area contributed by atoms with E-state index in [1.54, 1.807) is 4.90 Å². The number of amides is 1. The molecule has 2 aromatic heterocycles. The van der Waals surface area contributed by atoms with Gasteiger partial charge in [-0.3, -0.25) is 5.10 Å². The highest BCUT2D eigenvalue weighted by Gasteiger charge is 2.28. The van der Waals surface area contributed by atoms with E-state index >= 15 is 0 Å². The molecule has 152 valence electrons. The minimum absolute atomic E-state index is 0.187. The largest absolute Gasteiger partial charge is 0.444 e. The number of aromatic nitrogens is 6. The summed E-state index contributed by atoms with van der Waals surface area (Å²) >= 11 is 0. The van der Waals surface area contributed by atoms with Gasteiger partial charge in [0.1, 0.15) is 11.3 Å². The van der Waals surface area contributed by atoms with Gasteiger partial charge in [0, 0.05) is 18.7 Å². The Kier molecular flexibility index (Phi) is 5.04. The molecule has 1 aliphatic heterocycles. The molecule has 29 heavy (non-hydrogen) atoms. The maximum atomic E-state index is 12.2. The predicted octanol–water partition coefficient (Wildman–Crippen LogP) is 3.30. The summed E-state index contributed by atoms with van der Waals surface area (Å²) in [5.74, 6) is 1.21. The molecule has 0 saturated carbocycles. The van der Waals surface area contributed by atoms with Crippen molar-refractivity contribution < 1.29 is 9.53 Å². The van der Waals surface area contributed by atoms with E-state index in [4.69, 9.17) is 4.74 Å². The van der Waals surface area contributed by atoms with Crippen molar-refractivity contribution in [3.8, 4) is 22.9 Å². The van der Waals surface area contributed by atoms with E-state index in [1.807, 2.05) is 62.0 Å². The molecular formula is C20H25N7O2. The summed E-state index contributed by atoms with van der Waals surface area (Å²) in [5.41, 5.74) is 1.11. The molecule has 0 radical (unpaired) electrons. The van der Waals surface area contributed by atoms with E-state index in [1.165, 1.54) is 0 Å². The average Bonchev–Trinajstić information content (AvgIpc) is 3.37. The Bertz CT molecular complexity index is 966. The summed E-state index contributed by atoms with van der Waals surface area (Å²) in [5, 5.41) is 15.7. The van der Waals surface area contributed by atoms with Crippen LogP contribution in [0.3, 0.4) is 0 Å². The van der Waals surface area contributed by atoms with Crippen molar-refractivity contribution in [3.63, 3.8) is 0 Å². The Morgan fingerprint density at radius 2 is 1.90 bits per heavy atom. The lowest BCUT2D eigenvalue weighted by Gasteiger charge is -2.33. The number of rotatable bonds is 3. The van der Waals surface area contributed by atoms with Crippen molar-refractivity contribution in [3.05, 3.63) is 36.5 Å². The summed E-state index contributed by atoms with van der Waals surface area (Å²) in [6, 6.07) is 9.96. The molecule has 3 heterocycles. The highest BCUT2D eigenvalue weighted by molar-refractivity contribution is 5.68. The van der Waals surface area contributed by atoms with E-state index in [0.717, 1.165) is 18.4 Å². The third-order valence-electron chi connectivity index (χ3n) is 4.76. The maximum Gasteiger partial charge on any atom is 0.410 e. The molecule has 1 N–H and O–H groups in total. The lowest BCUT2D eigenvalue weighted by atomic mass is 10.1. The van der Waals surface area contributed by atoms with Gasteiger partial charge in [-0.05, 0) is 33.6 Å². The van der Waals surface area contributed by atoms with Crippen LogP contribution in [0.1, 0.15) is 39.7 Å². The zero-order valence-electron chi connectivity index (χ0n) is 16.9. The molecule has 0 unspecified atom stereocenters. The molecule has 0 aliphatic carbocycles. The van der Waals surface area contributed by atoms with Crippen LogP contribution in [0.5, 0.6) is 0 Å². The number of aromatic amines is 1. The number of likely N-dealkylation sites (tertiary alicyclic amines) is 1. The zero-order valence-corrected chi connectivity index (χ0v) is 16.9. The van der Waals surface area contributed by atoms with Crippen molar-refractivity contribution in [2.45, 2.75) is 45.3 Å². The SMILES string of the molecule is CC(C)(C)OC(=O)N1CCC(n2cc(-c3nc(-c4ccccc4)n[nH]3)nn2)CC1. The molecule has 0 atom stereocenters. The topological polar surface area (TPSA) is 102 Å². The van der Waals surface area contributed by atoms with Crippen LogP contribution in [0.25, 0.3) is 22.9 Å². The maximum absolute atomic E-state index is 12.2. The summed E-state index contributed by atoms with van der Waals surface area (Å²) in [4.78, 5) is 18.5. The van der Waals surface area contributed by atoms with Crippen molar-refractivity contribution in [1.29, 1.82) is 0 Å². The third kappa shape index (κ3) is 4.44. The van der Waals surface area contributed by atoms with Crippen LogP contribution >= 0.6 is 0 Å². The number of carbonyl (C=O) groups excluding carboxylic acids is 1. The number of H-pyrrole nitrogens is 1. The first-order valence-electron chi connectivity index (χ1n) is 9.77. The van der Waals surface area contributed by atoms with E-state index in [9.17, 15) is 4.79 Å². The minimum atomic E-state index is -0.482.